The Kier molecular flexibility index (Phi) is 8.27. The molecule has 0 bridgehead atoms. The van der Waals surface area contributed by atoms with E-state index >= 15 is 0 Å². The lowest BCUT2D eigenvalue weighted by atomic mass is 9.46. The molecule has 3 aliphatic rings. The number of carbonyl (C=O) groups is 2. The fourth-order valence-corrected chi connectivity index (χ4v) is 6.71. The monoisotopic (exact) mass is 453 g/mol. The van der Waals surface area contributed by atoms with E-state index in [0.717, 1.165) is 57.1 Å². The van der Waals surface area contributed by atoms with Crippen LogP contribution in [-0.4, -0.2) is 43.4 Å². The van der Waals surface area contributed by atoms with E-state index in [-0.39, 0.29) is 23.9 Å². The Morgan fingerprint density at radius 3 is 2.61 bits per heavy atom. The second-order valence-corrected chi connectivity index (χ2v) is 11.0. The van der Waals surface area contributed by atoms with Gasteiger partial charge < -0.3 is 4.74 Å². The van der Waals surface area contributed by atoms with Gasteiger partial charge in [-0.25, -0.2) is 0 Å². The van der Waals surface area contributed by atoms with E-state index in [1.54, 1.807) is 0 Å². The van der Waals surface area contributed by atoms with Gasteiger partial charge in [0.2, 0.25) is 0 Å². The molecule has 0 saturated heterocycles. The molecule has 4 heteroatoms. The van der Waals surface area contributed by atoms with Crippen LogP contribution in [0, 0.1) is 40.4 Å². The third kappa shape index (κ3) is 4.99. The van der Waals surface area contributed by atoms with E-state index in [2.05, 4.69) is 64.4 Å². The number of esters is 1. The second kappa shape index (κ2) is 10.6. The minimum atomic E-state index is -0.574. The SMILES string of the molecule is CCN(CC)CC#CCOC(=O)[C@]1(C)CCC[C@@]2(C)[C@H]1CC(C=O)=C1C=C(C(C)C)CC[C@@H]12. The van der Waals surface area contributed by atoms with Crippen molar-refractivity contribution in [1.82, 2.24) is 4.90 Å². The van der Waals surface area contributed by atoms with E-state index in [9.17, 15) is 9.59 Å². The van der Waals surface area contributed by atoms with Gasteiger partial charge in [-0.3, -0.25) is 14.5 Å². The van der Waals surface area contributed by atoms with Gasteiger partial charge in [-0.1, -0.05) is 64.5 Å². The van der Waals surface area contributed by atoms with Crippen molar-refractivity contribution >= 4 is 12.3 Å². The molecule has 182 valence electrons. The lowest BCUT2D eigenvalue weighted by molar-refractivity contribution is -0.168. The molecule has 0 spiro atoms. The predicted octanol–water partition coefficient (Wildman–Crippen LogP) is 5.58. The molecule has 0 radical (unpaired) electrons. The summed E-state index contributed by atoms with van der Waals surface area (Å²) in [6.45, 7) is 15.9. The van der Waals surface area contributed by atoms with Crippen molar-refractivity contribution in [3.63, 3.8) is 0 Å². The molecule has 0 aliphatic heterocycles. The van der Waals surface area contributed by atoms with Crippen LogP contribution in [0.25, 0.3) is 0 Å². The smallest absolute Gasteiger partial charge is 0.313 e. The zero-order chi connectivity index (χ0) is 24.2. The Morgan fingerprint density at radius 1 is 1.24 bits per heavy atom. The highest BCUT2D eigenvalue weighted by atomic mass is 16.5. The molecule has 0 heterocycles. The number of rotatable bonds is 7. The number of fused-ring (bicyclic) bond motifs is 3. The number of hydrogen-bond donors (Lipinski definition) is 0. The Morgan fingerprint density at radius 2 is 1.97 bits per heavy atom. The number of allylic oxidation sites excluding steroid dienone is 4. The van der Waals surface area contributed by atoms with Crippen molar-refractivity contribution < 1.29 is 14.3 Å². The van der Waals surface area contributed by atoms with Crippen molar-refractivity contribution in [2.24, 2.45) is 28.6 Å². The first kappa shape index (κ1) is 25.8. The molecule has 0 N–H and O–H groups in total. The van der Waals surface area contributed by atoms with Crippen molar-refractivity contribution in [3.05, 3.63) is 22.8 Å². The van der Waals surface area contributed by atoms with Crippen LogP contribution in [0.1, 0.15) is 80.1 Å². The zero-order valence-electron chi connectivity index (χ0n) is 21.6. The van der Waals surface area contributed by atoms with E-state index in [0.29, 0.717) is 24.8 Å². The Bertz CT molecular complexity index is 869. The molecule has 3 rings (SSSR count). The molecule has 3 aliphatic carbocycles. The summed E-state index contributed by atoms with van der Waals surface area (Å²) in [4.78, 5) is 27.8. The molecule has 0 unspecified atom stereocenters. The molecule has 4 nitrogen and oxygen atoms in total. The van der Waals surface area contributed by atoms with E-state index in [4.69, 9.17) is 4.74 Å². The van der Waals surface area contributed by atoms with Gasteiger partial charge in [0.05, 0.1) is 12.0 Å². The first-order valence-corrected chi connectivity index (χ1v) is 12.9. The van der Waals surface area contributed by atoms with Gasteiger partial charge >= 0.3 is 5.97 Å². The fraction of sp³-hybridized carbons (Fsp3) is 0.724. The van der Waals surface area contributed by atoms with Gasteiger partial charge in [0.15, 0.2) is 6.61 Å². The first-order chi connectivity index (χ1) is 15.7. The normalized spacial score (nSPS) is 31.3. The van der Waals surface area contributed by atoms with E-state index in [1.165, 1.54) is 11.1 Å². The highest BCUT2D eigenvalue weighted by molar-refractivity contribution is 5.80. The van der Waals surface area contributed by atoms with E-state index < -0.39 is 5.41 Å². The van der Waals surface area contributed by atoms with Crippen LogP contribution in [0.15, 0.2) is 22.8 Å². The van der Waals surface area contributed by atoms with Crippen LogP contribution in [-0.2, 0) is 14.3 Å². The summed E-state index contributed by atoms with van der Waals surface area (Å²) in [5, 5.41) is 0. The summed E-state index contributed by atoms with van der Waals surface area (Å²) >= 11 is 0. The molecule has 0 aromatic heterocycles. The minimum absolute atomic E-state index is 0.0152. The molecular weight excluding hydrogens is 410 g/mol. The summed E-state index contributed by atoms with van der Waals surface area (Å²) in [5.41, 5.74) is 3.04. The fourth-order valence-electron chi connectivity index (χ4n) is 6.71. The number of nitrogens with zero attached hydrogens (tertiary/aromatic N) is 1. The largest absolute Gasteiger partial charge is 0.452 e. The van der Waals surface area contributed by atoms with Gasteiger partial charge in [0, 0.05) is 0 Å². The Balaban J connectivity index is 1.81. The van der Waals surface area contributed by atoms with Gasteiger partial charge in [-0.2, -0.15) is 0 Å². The number of aldehydes is 1. The van der Waals surface area contributed by atoms with Crippen molar-refractivity contribution in [3.8, 4) is 11.8 Å². The minimum Gasteiger partial charge on any atom is -0.452 e. The Hall–Kier alpha value is -1.86. The third-order valence-electron chi connectivity index (χ3n) is 8.95. The van der Waals surface area contributed by atoms with Crippen LogP contribution in [0.5, 0.6) is 0 Å². The predicted molar refractivity (Wildman–Crippen MR) is 133 cm³/mol. The summed E-state index contributed by atoms with van der Waals surface area (Å²) in [5.74, 6) is 6.99. The van der Waals surface area contributed by atoms with Gasteiger partial charge in [-0.05, 0) is 86.4 Å². The quantitative estimate of drug-likeness (QED) is 0.287. The topological polar surface area (TPSA) is 46.6 Å². The van der Waals surface area contributed by atoms with Crippen LogP contribution >= 0.6 is 0 Å². The maximum absolute atomic E-state index is 13.4. The number of carbonyl (C=O) groups excluding carboxylic acids is 2. The number of ether oxygens (including phenoxy) is 1. The summed E-state index contributed by atoms with van der Waals surface area (Å²) in [6, 6.07) is 0. The molecule has 1 fully saturated rings. The van der Waals surface area contributed by atoms with Crippen molar-refractivity contribution in [2.45, 2.75) is 80.1 Å². The standard InChI is InChI=1S/C29H43NO3/c1-7-30(8-2)16-9-10-17-33-27(32)29(6)15-11-14-28(5)25-13-12-22(21(3)4)18-24(25)23(20-31)19-26(28)29/h18,20-21,25-26H,7-8,11-17,19H2,1-6H3/t25-,26+,28+,29+/m0/s1. The third-order valence-corrected chi connectivity index (χ3v) is 8.95. The van der Waals surface area contributed by atoms with Gasteiger partial charge in [0.1, 0.15) is 6.29 Å². The molecule has 1 saturated carbocycles. The van der Waals surface area contributed by atoms with Crippen LogP contribution < -0.4 is 0 Å². The van der Waals surface area contributed by atoms with E-state index in [1.807, 2.05) is 0 Å². The average Bonchev–Trinajstić information content (AvgIpc) is 2.80. The van der Waals surface area contributed by atoms with Crippen LogP contribution in [0.2, 0.25) is 0 Å². The first-order valence-electron chi connectivity index (χ1n) is 12.9. The molecule has 0 aromatic rings. The highest BCUT2D eigenvalue weighted by Gasteiger charge is 2.58. The van der Waals surface area contributed by atoms with Crippen molar-refractivity contribution in [2.75, 3.05) is 26.2 Å². The van der Waals surface area contributed by atoms with Gasteiger partial charge in [-0.15, -0.1) is 0 Å². The summed E-state index contributed by atoms with van der Waals surface area (Å²) < 4.78 is 5.73. The van der Waals surface area contributed by atoms with Crippen molar-refractivity contribution in [1.29, 1.82) is 0 Å². The number of hydrogen-bond acceptors (Lipinski definition) is 4. The Labute approximate surface area is 201 Å². The molecular formula is C29H43NO3. The lowest BCUT2D eigenvalue weighted by Gasteiger charge is -2.58. The lowest BCUT2D eigenvalue weighted by Crippen LogP contribution is -2.54. The maximum Gasteiger partial charge on any atom is 0.313 e. The molecule has 4 atom stereocenters. The molecule has 0 aromatic carbocycles. The highest BCUT2D eigenvalue weighted by Crippen LogP contribution is 2.63. The maximum atomic E-state index is 13.4. The molecule has 0 amide bonds. The van der Waals surface area contributed by atoms with Crippen LogP contribution in [0.3, 0.4) is 0 Å². The van der Waals surface area contributed by atoms with Crippen LogP contribution in [0.4, 0.5) is 0 Å². The summed E-state index contributed by atoms with van der Waals surface area (Å²) in [7, 11) is 0. The molecule has 33 heavy (non-hydrogen) atoms. The zero-order valence-corrected chi connectivity index (χ0v) is 21.6. The van der Waals surface area contributed by atoms with Gasteiger partial charge in [0.25, 0.3) is 0 Å². The average molecular weight is 454 g/mol. The summed E-state index contributed by atoms with van der Waals surface area (Å²) in [6.07, 6.45) is 9.16. The second-order valence-electron chi connectivity index (χ2n) is 11.0.